The molecule has 76 valence electrons. The minimum atomic E-state index is -0.153. The van der Waals surface area contributed by atoms with Gasteiger partial charge in [-0.3, -0.25) is 0 Å². The van der Waals surface area contributed by atoms with E-state index in [2.05, 4.69) is 26.2 Å². The number of pyridine rings is 1. The smallest absolute Gasteiger partial charge is 0.140 e. The van der Waals surface area contributed by atoms with Crippen LogP contribution in [0, 0.1) is 0 Å². The SMILES string of the molecule is Nc1cnc(NC2CC(O)C2)c(Br)c1. The van der Waals surface area contributed by atoms with Crippen LogP contribution in [0.4, 0.5) is 11.5 Å². The third kappa shape index (κ3) is 1.99. The van der Waals surface area contributed by atoms with Gasteiger partial charge in [-0.15, -0.1) is 0 Å². The lowest BCUT2D eigenvalue weighted by Crippen LogP contribution is -2.39. The zero-order valence-corrected chi connectivity index (χ0v) is 9.16. The first-order valence-electron chi connectivity index (χ1n) is 4.51. The van der Waals surface area contributed by atoms with Gasteiger partial charge in [0.15, 0.2) is 0 Å². The molecule has 0 atom stereocenters. The first-order chi connectivity index (χ1) is 6.65. The summed E-state index contributed by atoms with van der Waals surface area (Å²) in [6.07, 6.45) is 3.04. The fraction of sp³-hybridized carbons (Fsp3) is 0.444. The number of rotatable bonds is 2. The monoisotopic (exact) mass is 257 g/mol. The van der Waals surface area contributed by atoms with Gasteiger partial charge in [-0.05, 0) is 34.8 Å². The van der Waals surface area contributed by atoms with E-state index in [0.29, 0.717) is 11.7 Å². The summed E-state index contributed by atoms with van der Waals surface area (Å²) in [5.74, 6) is 0.788. The summed E-state index contributed by atoms with van der Waals surface area (Å²) in [6, 6.07) is 2.14. The minimum Gasteiger partial charge on any atom is -0.397 e. The van der Waals surface area contributed by atoms with Crippen LogP contribution >= 0.6 is 15.9 Å². The zero-order valence-electron chi connectivity index (χ0n) is 7.57. The molecule has 2 rings (SSSR count). The number of aliphatic hydroxyl groups excluding tert-OH is 1. The largest absolute Gasteiger partial charge is 0.397 e. The molecule has 0 saturated heterocycles. The van der Waals surface area contributed by atoms with Gasteiger partial charge >= 0.3 is 0 Å². The van der Waals surface area contributed by atoms with E-state index in [9.17, 15) is 0 Å². The summed E-state index contributed by atoms with van der Waals surface area (Å²) in [6.45, 7) is 0. The molecule has 0 aromatic carbocycles. The van der Waals surface area contributed by atoms with Crippen LogP contribution in [-0.4, -0.2) is 22.2 Å². The Morgan fingerprint density at radius 3 is 2.86 bits per heavy atom. The highest BCUT2D eigenvalue weighted by atomic mass is 79.9. The first kappa shape index (κ1) is 9.73. The van der Waals surface area contributed by atoms with Crippen molar-refractivity contribution in [3.8, 4) is 0 Å². The van der Waals surface area contributed by atoms with Gasteiger partial charge < -0.3 is 16.2 Å². The second-order valence-electron chi connectivity index (χ2n) is 3.57. The number of aromatic nitrogens is 1. The molecule has 0 bridgehead atoms. The Balaban J connectivity index is 2.02. The number of hydrogen-bond acceptors (Lipinski definition) is 4. The van der Waals surface area contributed by atoms with Crippen molar-refractivity contribution in [3.63, 3.8) is 0 Å². The minimum absolute atomic E-state index is 0.153. The molecule has 4 nitrogen and oxygen atoms in total. The number of nitrogen functional groups attached to an aromatic ring is 1. The number of nitrogens with zero attached hydrogens (tertiary/aromatic N) is 1. The molecular weight excluding hydrogens is 246 g/mol. The van der Waals surface area contributed by atoms with E-state index < -0.39 is 0 Å². The topological polar surface area (TPSA) is 71.2 Å². The van der Waals surface area contributed by atoms with Crippen molar-refractivity contribution in [1.29, 1.82) is 0 Å². The maximum Gasteiger partial charge on any atom is 0.140 e. The lowest BCUT2D eigenvalue weighted by atomic mass is 9.89. The fourth-order valence-electron chi connectivity index (χ4n) is 1.46. The van der Waals surface area contributed by atoms with Crippen molar-refractivity contribution in [2.75, 3.05) is 11.1 Å². The third-order valence-corrected chi connectivity index (χ3v) is 2.92. The average molecular weight is 258 g/mol. The molecule has 1 aromatic rings. The molecule has 0 spiro atoms. The van der Waals surface area contributed by atoms with E-state index in [1.165, 1.54) is 0 Å². The van der Waals surface area contributed by atoms with E-state index in [4.69, 9.17) is 10.8 Å². The molecule has 1 heterocycles. The quantitative estimate of drug-likeness (QED) is 0.749. The van der Waals surface area contributed by atoms with E-state index in [-0.39, 0.29) is 6.10 Å². The molecule has 1 aromatic heterocycles. The lowest BCUT2D eigenvalue weighted by Gasteiger charge is -2.32. The number of nitrogens with two attached hydrogens (primary N) is 1. The fourth-order valence-corrected chi connectivity index (χ4v) is 1.94. The molecule has 0 aliphatic heterocycles. The van der Waals surface area contributed by atoms with E-state index in [0.717, 1.165) is 23.1 Å². The lowest BCUT2D eigenvalue weighted by molar-refractivity contribution is 0.0835. The van der Waals surface area contributed by atoms with Crippen molar-refractivity contribution < 1.29 is 5.11 Å². The number of nitrogens with one attached hydrogen (secondary N) is 1. The summed E-state index contributed by atoms with van der Waals surface area (Å²) in [4.78, 5) is 4.16. The Morgan fingerprint density at radius 1 is 1.57 bits per heavy atom. The highest BCUT2D eigenvalue weighted by molar-refractivity contribution is 9.10. The summed E-state index contributed by atoms with van der Waals surface area (Å²) < 4.78 is 0.860. The van der Waals surface area contributed by atoms with Crippen LogP contribution in [0.1, 0.15) is 12.8 Å². The summed E-state index contributed by atoms with van der Waals surface area (Å²) >= 11 is 3.38. The summed E-state index contributed by atoms with van der Waals surface area (Å²) in [7, 11) is 0. The summed E-state index contributed by atoms with van der Waals surface area (Å²) in [5, 5.41) is 12.3. The molecule has 0 amide bonds. The molecule has 1 aliphatic rings. The molecular formula is C9H12BrN3O. The van der Waals surface area contributed by atoms with Gasteiger partial charge in [-0.2, -0.15) is 0 Å². The third-order valence-electron chi connectivity index (χ3n) is 2.32. The highest BCUT2D eigenvalue weighted by Crippen LogP contribution is 2.27. The van der Waals surface area contributed by atoms with Gasteiger partial charge in [0.05, 0.1) is 22.5 Å². The molecule has 4 N–H and O–H groups in total. The van der Waals surface area contributed by atoms with Gasteiger partial charge in [0, 0.05) is 6.04 Å². The van der Waals surface area contributed by atoms with Crippen LogP contribution in [0.3, 0.4) is 0 Å². The molecule has 14 heavy (non-hydrogen) atoms. The number of aliphatic hydroxyl groups is 1. The molecule has 0 unspecified atom stereocenters. The predicted octanol–water partition coefficient (Wildman–Crippen LogP) is 1.36. The van der Waals surface area contributed by atoms with Crippen LogP contribution in [0.15, 0.2) is 16.7 Å². The molecule has 1 fully saturated rings. The van der Waals surface area contributed by atoms with Gasteiger partial charge in [0.1, 0.15) is 5.82 Å². The first-order valence-corrected chi connectivity index (χ1v) is 5.30. The Hall–Kier alpha value is -0.810. The Bertz CT molecular complexity index is 339. The van der Waals surface area contributed by atoms with Crippen molar-refractivity contribution in [2.45, 2.75) is 25.0 Å². The van der Waals surface area contributed by atoms with E-state index >= 15 is 0 Å². The standard InChI is InChI=1S/C9H12BrN3O/c10-8-1-5(11)4-12-9(8)13-6-2-7(14)3-6/h1,4,6-7,14H,2-3,11H2,(H,12,13). The molecule has 1 aliphatic carbocycles. The van der Waals surface area contributed by atoms with Gasteiger partial charge in [0.25, 0.3) is 0 Å². The predicted molar refractivity (Wildman–Crippen MR) is 59.0 cm³/mol. The second-order valence-corrected chi connectivity index (χ2v) is 4.42. The van der Waals surface area contributed by atoms with Gasteiger partial charge in [-0.1, -0.05) is 0 Å². The average Bonchev–Trinajstić information content (AvgIpc) is 2.06. The van der Waals surface area contributed by atoms with Crippen LogP contribution in [0.2, 0.25) is 0 Å². The summed E-state index contributed by atoms with van der Waals surface area (Å²) in [5.41, 5.74) is 6.20. The van der Waals surface area contributed by atoms with Gasteiger partial charge in [-0.25, -0.2) is 4.98 Å². The van der Waals surface area contributed by atoms with Crippen molar-refractivity contribution >= 4 is 27.4 Å². The Kier molecular flexibility index (Phi) is 2.60. The van der Waals surface area contributed by atoms with Crippen LogP contribution < -0.4 is 11.1 Å². The van der Waals surface area contributed by atoms with Crippen LogP contribution in [-0.2, 0) is 0 Å². The van der Waals surface area contributed by atoms with E-state index in [1.54, 1.807) is 6.20 Å². The Morgan fingerprint density at radius 2 is 2.29 bits per heavy atom. The number of halogens is 1. The highest BCUT2D eigenvalue weighted by Gasteiger charge is 2.27. The maximum absolute atomic E-state index is 9.12. The van der Waals surface area contributed by atoms with Crippen molar-refractivity contribution in [3.05, 3.63) is 16.7 Å². The number of hydrogen-bond donors (Lipinski definition) is 3. The van der Waals surface area contributed by atoms with Crippen molar-refractivity contribution in [1.82, 2.24) is 4.98 Å². The molecule has 5 heteroatoms. The molecule has 0 radical (unpaired) electrons. The zero-order chi connectivity index (χ0) is 10.1. The Labute approximate surface area is 90.7 Å². The second kappa shape index (κ2) is 3.74. The number of anilines is 2. The molecule has 1 saturated carbocycles. The normalized spacial score (nSPS) is 25.6. The maximum atomic E-state index is 9.12. The van der Waals surface area contributed by atoms with Crippen molar-refractivity contribution in [2.24, 2.45) is 0 Å². The van der Waals surface area contributed by atoms with Crippen LogP contribution in [0.5, 0.6) is 0 Å². The van der Waals surface area contributed by atoms with Gasteiger partial charge in [0.2, 0.25) is 0 Å². The van der Waals surface area contributed by atoms with E-state index in [1.807, 2.05) is 6.07 Å². The van der Waals surface area contributed by atoms with Crippen LogP contribution in [0.25, 0.3) is 0 Å².